The van der Waals surface area contributed by atoms with Gasteiger partial charge in [0.15, 0.2) is 11.5 Å². The second kappa shape index (κ2) is 7.74. The highest BCUT2D eigenvalue weighted by Crippen LogP contribution is 2.51. The zero-order valence-corrected chi connectivity index (χ0v) is 16.8. The number of nitrogen functional groups attached to an aromatic ring is 1. The minimum Gasteiger partial charge on any atom is -0.396 e. The predicted octanol–water partition coefficient (Wildman–Crippen LogP) is 4.81. The van der Waals surface area contributed by atoms with Crippen molar-refractivity contribution in [1.82, 2.24) is 0 Å². The van der Waals surface area contributed by atoms with Crippen LogP contribution in [-0.2, 0) is 21.6 Å². The van der Waals surface area contributed by atoms with Crippen molar-refractivity contribution in [3.05, 3.63) is 58.4 Å². The van der Waals surface area contributed by atoms with Crippen molar-refractivity contribution >= 4 is 28.9 Å². The number of fused-ring (bicyclic) bond motifs is 1. The molecule has 1 aliphatic carbocycles. The summed E-state index contributed by atoms with van der Waals surface area (Å²) in [7, 11) is 0. The number of ether oxygens (including phenoxy) is 1. The van der Waals surface area contributed by atoms with Crippen LogP contribution in [0.4, 0.5) is 28.9 Å². The molecule has 31 heavy (non-hydrogen) atoms. The Bertz CT molecular complexity index is 1100. The molecule has 2 aliphatic rings. The van der Waals surface area contributed by atoms with E-state index in [0.29, 0.717) is 12.8 Å². The minimum atomic E-state index is -4.96. The number of carbonyl (C=O) groups excluding carboxylic acids is 1. The molecule has 9 heteroatoms. The van der Waals surface area contributed by atoms with Crippen molar-refractivity contribution < 1.29 is 27.1 Å². The Morgan fingerprint density at radius 3 is 2.61 bits per heavy atom. The summed E-state index contributed by atoms with van der Waals surface area (Å²) in [4.78, 5) is 12.8. The largest absolute Gasteiger partial charge is 0.412 e. The fraction of sp³-hybridized carbons (Fsp3) is 0.318. The molecule has 1 amide bonds. The van der Waals surface area contributed by atoms with Gasteiger partial charge in [0.1, 0.15) is 5.82 Å². The summed E-state index contributed by atoms with van der Waals surface area (Å²) in [5.74, 6) is 3.11. The van der Waals surface area contributed by atoms with Gasteiger partial charge in [-0.05, 0) is 48.7 Å². The number of halogens is 5. The fourth-order valence-corrected chi connectivity index (χ4v) is 3.65. The van der Waals surface area contributed by atoms with Gasteiger partial charge in [-0.3, -0.25) is 4.79 Å². The number of anilines is 2. The first-order chi connectivity index (χ1) is 14.6. The van der Waals surface area contributed by atoms with Crippen molar-refractivity contribution in [3.8, 4) is 11.8 Å². The SMILES string of the molecule is Nc1ccc(CO[C@H]2C(=O)Nc3ccc(Cl)cc3[C@]2(C#CC2CC2)C(F)(F)F)cc1F. The van der Waals surface area contributed by atoms with E-state index < -0.39 is 36.0 Å². The number of nitrogens with one attached hydrogen (secondary N) is 1. The second-order valence-corrected chi connectivity index (χ2v) is 8.01. The van der Waals surface area contributed by atoms with Gasteiger partial charge in [0.05, 0.1) is 12.3 Å². The number of hydrogen-bond acceptors (Lipinski definition) is 3. The monoisotopic (exact) mass is 452 g/mol. The van der Waals surface area contributed by atoms with Crippen LogP contribution in [0.25, 0.3) is 0 Å². The Labute approximate surface area is 180 Å². The lowest BCUT2D eigenvalue weighted by molar-refractivity contribution is -0.208. The summed E-state index contributed by atoms with van der Waals surface area (Å²) in [6.45, 7) is -0.450. The normalized spacial score (nSPS) is 22.9. The number of amides is 1. The molecule has 1 heterocycles. The van der Waals surface area contributed by atoms with E-state index in [2.05, 4.69) is 17.2 Å². The number of nitrogens with two attached hydrogens (primary N) is 1. The van der Waals surface area contributed by atoms with Crippen molar-refractivity contribution in [3.63, 3.8) is 0 Å². The molecule has 0 bridgehead atoms. The Balaban J connectivity index is 1.81. The lowest BCUT2D eigenvalue weighted by Crippen LogP contribution is -2.59. The molecule has 1 fully saturated rings. The molecule has 0 unspecified atom stereocenters. The maximum atomic E-state index is 14.7. The molecule has 4 nitrogen and oxygen atoms in total. The topological polar surface area (TPSA) is 64.3 Å². The second-order valence-electron chi connectivity index (χ2n) is 7.58. The van der Waals surface area contributed by atoms with Gasteiger partial charge in [-0.1, -0.05) is 29.5 Å². The van der Waals surface area contributed by atoms with E-state index in [-0.39, 0.29) is 33.4 Å². The van der Waals surface area contributed by atoms with Crippen molar-refractivity contribution in [2.24, 2.45) is 5.92 Å². The molecule has 3 N–H and O–H groups in total. The van der Waals surface area contributed by atoms with E-state index in [1.165, 1.54) is 24.3 Å². The van der Waals surface area contributed by atoms with Gasteiger partial charge in [0.25, 0.3) is 5.91 Å². The first-order valence-corrected chi connectivity index (χ1v) is 9.85. The molecule has 162 valence electrons. The van der Waals surface area contributed by atoms with Crippen LogP contribution in [-0.4, -0.2) is 18.2 Å². The molecule has 1 aliphatic heterocycles. The number of rotatable bonds is 3. The summed E-state index contributed by atoms with van der Waals surface area (Å²) in [6.07, 6.45) is -5.58. The highest BCUT2D eigenvalue weighted by molar-refractivity contribution is 6.30. The summed E-state index contributed by atoms with van der Waals surface area (Å²) in [5.41, 5.74) is 2.31. The number of alkyl halides is 3. The molecule has 0 aromatic heterocycles. The maximum absolute atomic E-state index is 14.7. The molecule has 0 saturated heterocycles. The minimum absolute atomic E-state index is 0.0322. The van der Waals surface area contributed by atoms with Crippen LogP contribution in [0.1, 0.15) is 24.0 Å². The van der Waals surface area contributed by atoms with Crippen LogP contribution in [0.2, 0.25) is 5.02 Å². The molecule has 2 aromatic rings. The predicted molar refractivity (Wildman–Crippen MR) is 108 cm³/mol. The van der Waals surface area contributed by atoms with Crippen LogP contribution in [0.15, 0.2) is 36.4 Å². The smallest absolute Gasteiger partial charge is 0.396 e. The third-order valence-corrected chi connectivity index (χ3v) is 5.51. The lowest BCUT2D eigenvalue weighted by Gasteiger charge is -2.41. The van der Waals surface area contributed by atoms with Gasteiger partial charge in [0, 0.05) is 22.2 Å². The van der Waals surface area contributed by atoms with Gasteiger partial charge in [-0.25, -0.2) is 4.39 Å². The molecular weight excluding hydrogens is 436 g/mol. The van der Waals surface area contributed by atoms with Crippen LogP contribution in [0.3, 0.4) is 0 Å². The number of benzene rings is 2. The molecule has 1 saturated carbocycles. The van der Waals surface area contributed by atoms with E-state index in [4.69, 9.17) is 22.1 Å². The van der Waals surface area contributed by atoms with E-state index in [0.717, 1.165) is 12.1 Å². The molecule has 4 rings (SSSR count). The van der Waals surface area contributed by atoms with Crippen molar-refractivity contribution in [2.45, 2.75) is 37.1 Å². The zero-order chi connectivity index (χ0) is 22.4. The maximum Gasteiger partial charge on any atom is 0.412 e. The zero-order valence-electron chi connectivity index (χ0n) is 16.0. The third kappa shape index (κ3) is 3.95. The number of hydrogen-bond donors (Lipinski definition) is 2. The van der Waals surface area contributed by atoms with Gasteiger partial charge in [-0.2, -0.15) is 13.2 Å². The summed E-state index contributed by atoms with van der Waals surface area (Å²) >= 11 is 6.00. The lowest BCUT2D eigenvalue weighted by atomic mass is 9.71. The molecule has 2 atom stereocenters. The van der Waals surface area contributed by atoms with Crippen molar-refractivity contribution in [2.75, 3.05) is 11.1 Å². The van der Waals surface area contributed by atoms with E-state index in [9.17, 15) is 22.4 Å². The van der Waals surface area contributed by atoms with Gasteiger partial charge >= 0.3 is 6.18 Å². The van der Waals surface area contributed by atoms with Crippen LogP contribution in [0, 0.1) is 23.6 Å². The van der Waals surface area contributed by atoms with Crippen LogP contribution < -0.4 is 11.1 Å². The van der Waals surface area contributed by atoms with Gasteiger partial charge in [0.2, 0.25) is 0 Å². The van der Waals surface area contributed by atoms with Gasteiger partial charge in [-0.15, -0.1) is 0 Å². The molecule has 0 radical (unpaired) electrons. The molecule has 2 aromatic carbocycles. The Morgan fingerprint density at radius 2 is 1.97 bits per heavy atom. The molecular formula is C22H17ClF4N2O2. The van der Waals surface area contributed by atoms with Crippen LogP contribution >= 0.6 is 11.6 Å². The summed E-state index contributed by atoms with van der Waals surface area (Å²) in [6, 6.07) is 7.56. The highest BCUT2D eigenvalue weighted by atomic mass is 35.5. The van der Waals surface area contributed by atoms with Crippen LogP contribution in [0.5, 0.6) is 0 Å². The Kier molecular flexibility index (Phi) is 5.36. The average molecular weight is 453 g/mol. The van der Waals surface area contributed by atoms with E-state index in [1.54, 1.807) is 0 Å². The Hall–Kier alpha value is -2.76. The standard InChI is InChI=1S/C22H17ClF4N2O2/c23-14-4-6-18-15(10-14)21(22(25,26)27,8-7-12-1-2-12)19(20(30)29-18)31-11-13-3-5-17(28)16(24)9-13/h3-6,9-10,12,19H,1-2,11,28H2,(H,29,30)/t19-,21-/m0/s1. The quantitative estimate of drug-likeness (QED) is 0.399. The van der Waals surface area contributed by atoms with E-state index in [1.807, 2.05) is 0 Å². The van der Waals surface area contributed by atoms with Gasteiger partial charge < -0.3 is 15.8 Å². The highest BCUT2D eigenvalue weighted by Gasteiger charge is 2.65. The van der Waals surface area contributed by atoms with E-state index >= 15 is 0 Å². The first-order valence-electron chi connectivity index (χ1n) is 9.47. The number of carbonyl (C=O) groups is 1. The average Bonchev–Trinajstić information content (AvgIpc) is 3.51. The molecule has 0 spiro atoms. The van der Waals surface area contributed by atoms with Crippen molar-refractivity contribution in [1.29, 1.82) is 0 Å². The third-order valence-electron chi connectivity index (χ3n) is 5.28. The summed E-state index contributed by atoms with van der Waals surface area (Å²) < 4.78 is 63.2. The first kappa shape index (κ1) is 21.5. The Morgan fingerprint density at radius 1 is 1.23 bits per heavy atom. The summed E-state index contributed by atoms with van der Waals surface area (Å²) in [5, 5.41) is 2.51. The fourth-order valence-electron chi connectivity index (χ4n) is 3.48.